The first-order chi connectivity index (χ1) is 7.78. The Bertz CT molecular complexity index is 360. The Hall–Kier alpha value is -0.410. The molecular formula is C13H20N2S. The lowest BCUT2D eigenvalue weighted by molar-refractivity contribution is 0.501. The topological polar surface area (TPSA) is 24.9 Å². The first kappa shape index (κ1) is 10.7. The zero-order chi connectivity index (χ0) is 11.0. The first-order valence-corrected chi connectivity index (χ1v) is 7.29. The first-order valence-electron chi connectivity index (χ1n) is 6.47. The van der Waals surface area contributed by atoms with Gasteiger partial charge in [0.1, 0.15) is 5.01 Å². The van der Waals surface area contributed by atoms with E-state index < -0.39 is 0 Å². The zero-order valence-corrected chi connectivity index (χ0v) is 10.8. The van der Waals surface area contributed by atoms with E-state index in [1.54, 1.807) is 0 Å². The normalized spacial score (nSPS) is 28.7. The molecule has 0 spiro atoms. The van der Waals surface area contributed by atoms with Crippen LogP contribution in [0.5, 0.6) is 0 Å². The maximum atomic E-state index is 4.64. The van der Waals surface area contributed by atoms with Gasteiger partial charge in [-0.15, -0.1) is 11.3 Å². The highest BCUT2D eigenvalue weighted by atomic mass is 32.1. The summed E-state index contributed by atoms with van der Waals surface area (Å²) in [5, 5.41) is 4.86. The van der Waals surface area contributed by atoms with Crippen LogP contribution in [-0.2, 0) is 5.41 Å². The molecule has 1 aromatic rings. The highest BCUT2D eigenvalue weighted by molar-refractivity contribution is 7.11. The van der Waals surface area contributed by atoms with Crippen LogP contribution in [0, 0.1) is 0 Å². The smallest absolute Gasteiger partial charge is 0.110 e. The van der Waals surface area contributed by atoms with Crippen LogP contribution in [0.25, 0.3) is 0 Å². The van der Waals surface area contributed by atoms with Crippen molar-refractivity contribution in [3.8, 4) is 0 Å². The Morgan fingerprint density at radius 2 is 2.19 bits per heavy atom. The van der Waals surface area contributed by atoms with Crippen LogP contribution in [0.3, 0.4) is 0 Å². The minimum atomic E-state index is 0.439. The summed E-state index contributed by atoms with van der Waals surface area (Å²) >= 11 is 1.95. The van der Waals surface area contributed by atoms with Crippen LogP contribution in [0.1, 0.15) is 61.4 Å². The largest absolute Gasteiger partial charge is 0.308 e. The van der Waals surface area contributed by atoms with E-state index in [1.807, 2.05) is 11.3 Å². The van der Waals surface area contributed by atoms with Crippen molar-refractivity contribution in [1.29, 1.82) is 0 Å². The summed E-state index contributed by atoms with van der Waals surface area (Å²) in [6, 6.07) is 0.545. The molecule has 1 aliphatic carbocycles. The fourth-order valence-electron chi connectivity index (χ4n) is 3.02. The summed E-state index contributed by atoms with van der Waals surface area (Å²) in [7, 11) is 0. The van der Waals surface area contributed by atoms with Crippen LogP contribution in [0.4, 0.5) is 0 Å². The molecule has 0 bridgehead atoms. The van der Waals surface area contributed by atoms with E-state index in [1.165, 1.54) is 48.4 Å². The van der Waals surface area contributed by atoms with E-state index >= 15 is 0 Å². The Morgan fingerprint density at radius 3 is 2.88 bits per heavy atom. The molecule has 3 rings (SSSR count). The summed E-state index contributed by atoms with van der Waals surface area (Å²) in [5.41, 5.74) is 0.439. The third-order valence-corrected chi connectivity index (χ3v) is 5.60. The lowest BCUT2D eigenvalue weighted by atomic mass is 9.88. The molecule has 0 amide bonds. The molecule has 1 aromatic heterocycles. The van der Waals surface area contributed by atoms with Gasteiger partial charge in [-0.2, -0.15) is 0 Å². The number of aromatic nitrogens is 1. The van der Waals surface area contributed by atoms with Gasteiger partial charge in [0.25, 0.3) is 0 Å². The van der Waals surface area contributed by atoms with Gasteiger partial charge in [0.2, 0.25) is 0 Å². The highest BCUT2D eigenvalue weighted by Crippen LogP contribution is 2.43. The molecule has 1 aliphatic heterocycles. The average Bonchev–Trinajstić information content (AvgIpc) is 2.98. The zero-order valence-electron chi connectivity index (χ0n) is 9.96. The summed E-state index contributed by atoms with van der Waals surface area (Å²) in [6.45, 7) is 3.58. The fourth-order valence-corrected chi connectivity index (χ4v) is 4.25. The SMILES string of the molecule is CC1(c2cnc(C3CCCN3)s2)CCCC1. The molecule has 2 aliphatic rings. The third kappa shape index (κ3) is 1.80. The van der Waals surface area contributed by atoms with E-state index in [0.717, 1.165) is 6.54 Å². The second-order valence-electron chi connectivity index (χ2n) is 5.48. The molecule has 88 valence electrons. The fraction of sp³-hybridized carbons (Fsp3) is 0.769. The van der Waals surface area contributed by atoms with Gasteiger partial charge in [0, 0.05) is 16.5 Å². The number of nitrogens with one attached hydrogen (secondary N) is 1. The molecule has 3 heteroatoms. The number of hydrogen-bond acceptors (Lipinski definition) is 3. The second kappa shape index (κ2) is 4.11. The van der Waals surface area contributed by atoms with Crippen LogP contribution in [-0.4, -0.2) is 11.5 Å². The van der Waals surface area contributed by atoms with Crippen molar-refractivity contribution in [3.05, 3.63) is 16.1 Å². The highest BCUT2D eigenvalue weighted by Gasteiger charge is 2.33. The lowest BCUT2D eigenvalue weighted by Crippen LogP contribution is -2.14. The van der Waals surface area contributed by atoms with Crippen LogP contribution >= 0.6 is 11.3 Å². The molecule has 2 nitrogen and oxygen atoms in total. The maximum absolute atomic E-state index is 4.64. The molecule has 0 aromatic carbocycles. The van der Waals surface area contributed by atoms with Crippen molar-refractivity contribution in [2.45, 2.75) is 56.9 Å². The molecule has 2 fully saturated rings. The van der Waals surface area contributed by atoms with E-state index in [0.29, 0.717) is 11.5 Å². The summed E-state index contributed by atoms with van der Waals surface area (Å²) < 4.78 is 0. The number of nitrogens with zero attached hydrogens (tertiary/aromatic N) is 1. The quantitative estimate of drug-likeness (QED) is 0.851. The van der Waals surface area contributed by atoms with Gasteiger partial charge < -0.3 is 5.32 Å². The Kier molecular flexibility index (Phi) is 2.76. The summed E-state index contributed by atoms with van der Waals surface area (Å²) in [5.74, 6) is 0. The van der Waals surface area contributed by atoms with Crippen molar-refractivity contribution in [1.82, 2.24) is 10.3 Å². The van der Waals surface area contributed by atoms with E-state index in [-0.39, 0.29) is 0 Å². The molecule has 1 atom stereocenters. The number of thiazole rings is 1. The lowest BCUT2D eigenvalue weighted by Gasteiger charge is -2.20. The van der Waals surface area contributed by atoms with Crippen LogP contribution < -0.4 is 5.32 Å². The van der Waals surface area contributed by atoms with Gasteiger partial charge in [-0.3, -0.25) is 0 Å². The van der Waals surface area contributed by atoms with E-state index in [9.17, 15) is 0 Å². The van der Waals surface area contributed by atoms with E-state index in [4.69, 9.17) is 0 Å². The number of hydrogen-bond donors (Lipinski definition) is 1. The maximum Gasteiger partial charge on any atom is 0.110 e. The molecule has 1 saturated carbocycles. The van der Waals surface area contributed by atoms with Gasteiger partial charge in [-0.25, -0.2) is 4.98 Å². The monoisotopic (exact) mass is 236 g/mol. The Balaban J connectivity index is 1.81. The minimum absolute atomic E-state index is 0.439. The predicted molar refractivity (Wildman–Crippen MR) is 67.9 cm³/mol. The third-order valence-electron chi connectivity index (χ3n) is 4.18. The van der Waals surface area contributed by atoms with Crippen molar-refractivity contribution in [2.75, 3.05) is 6.54 Å². The molecule has 1 N–H and O–H groups in total. The molecule has 2 heterocycles. The molecule has 16 heavy (non-hydrogen) atoms. The summed E-state index contributed by atoms with van der Waals surface area (Å²) in [4.78, 5) is 6.17. The van der Waals surface area contributed by atoms with E-state index in [2.05, 4.69) is 23.4 Å². The van der Waals surface area contributed by atoms with Crippen molar-refractivity contribution >= 4 is 11.3 Å². The second-order valence-corrected chi connectivity index (χ2v) is 6.54. The van der Waals surface area contributed by atoms with Crippen molar-refractivity contribution in [2.24, 2.45) is 0 Å². The number of rotatable bonds is 2. The molecule has 1 saturated heterocycles. The Labute approximate surface area is 101 Å². The average molecular weight is 236 g/mol. The van der Waals surface area contributed by atoms with Gasteiger partial charge >= 0.3 is 0 Å². The van der Waals surface area contributed by atoms with Crippen LogP contribution in [0.2, 0.25) is 0 Å². The van der Waals surface area contributed by atoms with Gasteiger partial charge in [-0.1, -0.05) is 19.8 Å². The van der Waals surface area contributed by atoms with Gasteiger partial charge in [0.05, 0.1) is 6.04 Å². The summed E-state index contributed by atoms with van der Waals surface area (Å²) in [6.07, 6.45) is 10.2. The molecular weight excluding hydrogens is 216 g/mol. The van der Waals surface area contributed by atoms with Crippen molar-refractivity contribution < 1.29 is 0 Å². The van der Waals surface area contributed by atoms with Crippen LogP contribution in [0.15, 0.2) is 6.20 Å². The van der Waals surface area contributed by atoms with Gasteiger partial charge in [0.15, 0.2) is 0 Å². The molecule has 1 unspecified atom stereocenters. The predicted octanol–water partition coefficient (Wildman–Crippen LogP) is 3.40. The van der Waals surface area contributed by atoms with Gasteiger partial charge in [-0.05, 0) is 32.2 Å². The Morgan fingerprint density at radius 1 is 1.38 bits per heavy atom. The van der Waals surface area contributed by atoms with Crippen molar-refractivity contribution in [3.63, 3.8) is 0 Å². The standard InChI is InChI=1S/C13H20N2S/c1-13(6-2-3-7-13)11-9-15-12(16-11)10-5-4-8-14-10/h9-10,14H,2-8H2,1H3. The molecule has 0 radical (unpaired) electrons. The minimum Gasteiger partial charge on any atom is -0.308 e.